The standard InChI is InChI=1S/C49H30N4O/c1-3-12-32(13-4-1)47-50-48(33-14-5-2-6-15-33)52-49(51-47)37-20-24-40-42-29-36(22-26-45(42)54-46(40)30-37)35-21-25-44-41(28-35)39-17-9-10-18-43(39)53(44)38-23-19-31-11-7-8-16-34(31)27-38/h1-30H. The predicted molar refractivity (Wildman–Crippen MR) is 221 cm³/mol. The van der Waals surface area contributed by atoms with E-state index in [9.17, 15) is 0 Å². The van der Waals surface area contributed by atoms with Crippen molar-refractivity contribution in [1.29, 1.82) is 0 Å². The molecule has 0 aliphatic rings. The third kappa shape index (κ3) is 4.98. The molecule has 8 aromatic carbocycles. The highest BCUT2D eigenvalue weighted by atomic mass is 16.3. The molecule has 0 saturated carbocycles. The number of fused-ring (bicyclic) bond motifs is 7. The Morgan fingerprint density at radius 2 is 0.926 bits per heavy atom. The van der Waals surface area contributed by atoms with Gasteiger partial charge >= 0.3 is 0 Å². The van der Waals surface area contributed by atoms with E-state index < -0.39 is 0 Å². The number of hydrogen-bond donors (Lipinski definition) is 0. The molecule has 0 aliphatic heterocycles. The van der Waals surface area contributed by atoms with Crippen LogP contribution in [0.4, 0.5) is 0 Å². The van der Waals surface area contributed by atoms with Gasteiger partial charge < -0.3 is 8.98 Å². The van der Waals surface area contributed by atoms with Gasteiger partial charge in [-0.2, -0.15) is 0 Å². The van der Waals surface area contributed by atoms with Gasteiger partial charge in [0.05, 0.1) is 11.0 Å². The van der Waals surface area contributed by atoms with Crippen molar-refractivity contribution < 1.29 is 4.42 Å². The van der Waals surface area contributed by atoms with Crippen LogP contribution in [0.1, 0.15) is 0 Å². The molecule has 0 unspecified atom stereocenters. The molecule has 0 aliphatic carbocycles. The summed E-state index contributed by atoms with van der Waals surface area (Å²) in [6.45, 7) is 0. The number of hydrogen-bond acceptors (Lipinski definition) is 4. The number of aromatic nitrogens is 4. The third-order valence-electron chi connectivity index (χ3n) is 10.4. The number of benzene rings is 8. The van der Waals surface area contributed by atoms with Gasteiger partial charge in [-0.05, 0) is 76.5 Å². The maximum Gasteiger partial charge on any atom is 0.164 e. The van der Waals surface area contributed by atoms with Crippen molar-refractivity contribution in [2.45, 2.75) is 0 Å². The molecule has 3 heterocycles. The first-order valence-corrected chi connectivity index (χ1v) is 18.1. The summed E-state index contributed by atoms with van der Waals surface area (Å²) in [6, 6.07) is 63.5. The van der Waals surface area contributed by atoms with Crippen LogP contribution in [-0.2, 0) is 0 Å². The van der Waals surface area contributed by atoms with E-state index in [4.69, 9.17) is 19.4 Å². The Labute approximate surface area is 310 Å². The Hall–Kier alpha value is -7.37. The molecule has 54 heavy (non-hydrogen) atoms. The van der Waals surface area contributed by atoms with Gasteiger partial charge in [-0.15, -0.1) is 0 Å². The summed E-state index contributed by atoms with van der Waals surface area (Å²) in [5.74, 6) is 1.86. The van der Waals surface area contributed by atoms with E-state index in [1.807, 2.05) is 66.7 Å². The van der Waals surface area contributed by atoms with Crippen molar-refractivity contribution in [3.05, 3.63) is 182 Å². The van der Waals surface area contributed by atoms with Gasteiger partial charge in [-0.25, -0.2) is 15.0 Å². The molecular weight excluding hydrogens is 661 g/mol. The summed E-state index contributed by atoms with van der Waals surface area (Å²) in [6.07, 6.45) is 0. The largest absolute Gasteiger partial charge is 0.456 e. The van der Waals surface area contributed by atoms with Crippen molar-refractivity contribution in [3.8, 4) is 51.0 Å². The fraction of sp³-hybridized carbons (Fsp3) is 0. The van der Waals surface area contributed by atoms with Gasteiger partial charge in [-0.3, -0.25) is 0 Å². The van der Waals surface area contributed by atoms with Gasteiger partial charge in [0, 0.05) is 43.9 Å². The summed E-state index contributed by atoms with van der Waals surface area (Å²) in [4.78, 5) is 14.7. The van der Waals surface area contributed by atoms with Crippen LogP contribution in [0, 0.1) is 0 Å². The number of nitrogens with zero attached hydrogens (tertiary/aromatic N) is 4. The van der Waals surface area contributed by atoms with Crippen LogP contribution in [0.2, 0.25) is 0 Å². The molecule has 0 spiro atoms. The second-order valence-electron chi connectivity index (χ2n) is 13.7. The Morgan fingerprint density at radius 3 is 1.69 bits per heavy atom. The van der Waals surface area contributed by atoms with Gasteiger partial charge in [0.15, 0.2) is 17.5 Å². The molecule has 11 rings (SSSR count). The van der Waals surface area contributed by atoms with Crippen molar-refractivity contribution >= 4 is 54.5 Å². The number of furan rings is 1. The molecular formula is C49H30N4O. The zero-order valence-electron chi connectivity index (χ0n) is 29.0. The first-order valence-electron chi connectivity index (χ1n) is 18.1. The molecule has 0 atom stereocenters. The molecule has 0 N–H and O–H groups in total. The summed E-state index contributed by atoms with van der Waals surface area (Å²) in [7, 11) is 0. The molecule has 0 bridgehead atoms. The lowest BCUT2D eigenvalue weighted by Crippen LogP contribution is -2.00. The fourth-order valence-electron chi connectivity index (χ4n) is 7.78. The molecule has 0 radical (unpaired) electrons. The predicted octanol–water partition coefficient (Wildman–Crippen LogP) is 12.7. The number of para-hydroxylation sites is 1. The fourth-order valence-corrected chi connectivity index (χ4v) is 7.78. The lowest BCUT2D eigenvalue weighted by atomic mass is 10.0. The Bertz CT molecular complexity index is 3160. The van der Waals surface area contributed by atoms with Crippen LogP contribution in [0.25, 0.3) is 105 Å². The topological polar surface area (TPSA) is 56.7 Å². The van der Waals surface area contributed by atoms with Crippen molar-refractivity contribution in [2.75, 3.05) is 0 Å². The highest BCUT2D eigenvalue weighted by molar-refractivity contribution is 6.11. The number of rotatable bonds is 5. The summed E-state index contributed by atoms with van der Waals surface area (Å²) in [5.41, 5.74) is 10.2. The maximum atomic E-state index is 6.47. The van der Waals surface area contributed by atoms with E-state index in [1.165, 1.54) is 32.6 Å². The average Bonchev–Trinajstić information content (AvgIpc) is 3.78. The van der Waals surface area contributed by atoms with Gasteiger partial charge in [0.1, 0.15) is 11.2 Å². The van der Waals surface area contributed by atoms with Crippen LogP contribution < -0.4 is 0 Å². The van der Waals surface area contributed by atoms with Crippen LogP contribution >= 0.6 is 0 Å². The molecule has 0 fully saturated rings. The Balaban J connectivity index is 1.01. The van der Waals surface area contributed by atoms with Crippen molar-refractivity contribution in [3.63, 3.8) is 0 Å². The minimum absolute atomic E-state index is 0.599. The van der Waals surface area contributed by atoms with Crippen LogP contribution in [0.15, 0.2) is 186 Å². The highest BCUT2D eigenvalue weighted by Crippen LogP contribution is 2.38. The third-order valence-corrected chi connectivity index (χ3v) is 10.4. The van der Waals surface area contributed by atoms with Crippen molar-refractivity contribution in [1.82, 2.24) is 19.5 Å². The van der Waals surface area contributed by atoms with Crippen LogP contribution in [0.5, 0.6) is 0 Å². The van der Waals surface area contributed by atoms with E-state index in [0.29, 0.717) is 17.5 Å². The summed E-state index contributed by atoms with van der Waals surface area (Å²) in [5, 5.41) is 7.04. The molecule has 11 aromatic rings. The molecule has 252 valence electrons. The lowest BCUT2D eigenvalue weighted by Gasteiger charge is -2.10. The molecule has 3 aromatic heterocycles. The summed E-state index contributed by atoms with van der Waals surface area (Å²) >= 11 is 0. The van der Waals surface area contributed by atoms with E-state index in [0.717, 1.165) is 55.4 Å². The zero-order chi connectivity index (χ0) is 35.6. The Kier molecular flexibility index (Phi) is 6.79. The lowest BCUT2D eigenvalue weighted by molar-refractivity contribution is 0.669. The van der Waals surface area contributed by atoms with Crippen molar-refractivity contribution in [2.24, 2.45) is 0 Å². The SMILES string of the molecule is c1ccc(-c2nc(-c3ccccc3)nc(-c3ccc4c(c3)oc3ccc(-c5ccc6c(c5)c5ccccc5n6-c5ccc6ccccc6c5)cc34)n2)cc1. The molecule has 5 nitrogen and oxygen atoms in total. The highest BCUT2D eigenvalue weighted by Gasteiger charge is 2.17. The van der Waals surface area contributed by atoms with Crippen LogP contribution in [-0.4, -0.2) is 19.5 Å². The van der Waals surface area contributed by atoms with E-state index in [1.54, 1.807) is 0 Å². The average molecular weight is 691 g/mol. The second kappa shape index (κ2) is 12.1. The molecule has 0 amide bonds. The molecule has 0 saturated heterocycles. The van der Waals surface area contributed by atoms with E-state index in [-0.39, 0.29) is 0 Å². The van der Waals surface area contributed by atoms with E-state index in [2.05, 4.69) is 120 Å². The monoisotopic (exact) mass is 690 g/mol. The molecule has 5 heteroatoms. The van der Waals surface area contributed by atoms with Gasteiger partial charge in [0.2, 0.25) is 0 Å². The van der Waals surface area contributed by atoms with Crippen LogP contribution in [0.3, 0.4) is 0 Å². The van der Waals surface area contributed by atoms with E-state index >= 15 is 0 Å². The maximum absolute atomic E-state index is 6.47. The minimum Gasteiger partial charge on any atom is -0.456 e. The second-order valence-corrected chi connectivity index (χ2v) is 13.7. The van der Waals surface area contributed by atoms with Gasteiger partial charge in [-0.1, -0.05) is 127 Å². The normalized spacial score (nSPS) is 11.7. The summed E-state index contributed by atoms with van der Waals surface area (Å²) < 4.78 is 8.85. The first kappa shape index (κ1) is 30.3. The zero-order valence-corrected chi connectivity index (χ0v) is 29.0. The quantitative estimate of drug-likeness (QED) is 0.180. The Morgan fingerprint density at radius 1 is 0.333 bits per heavy atom. The van der Waals surface area contributed by atoms with Gasteiger partial charge in [0.25, 0.3) is 0 Å². The minimum atomic E-state index is 0.599. The first-order chi connectivity index (χ1) is 26.7. The smallest absolute Gasteiger partial charge is 0.164 e.